The van der Waals surface area contributed by atoms with Crippen LogP contribution in [0.15, 0.2) is 18.5 Å². The summed E-state index contributed by atoms with van der Waals surface area (Å²) in [7, 11) is 1.95. The highest BCUT2D eigenvalue weighted by Gasteiger charge is 2.21. The number of hydrogen-bond donors (Lipinski definition) is 1. The highest BCUT2D eigenvalue weighted by molar-refractivity contribution is 5.26. The molecule has 0 aromatic carbocycles. The van der Waals surface area contributed by atoms with E-state index in [9.17, 15) is 0 Å². The van der Waals surface area contributed by atoms with Crippen molar-refractivity contribution in [2.75, 3.05) is 20.3 Å². The molecule has 0 spiro atoms. The quantitative estimate of drug-likeness (QED) is 0.746. The number of hydrogen-bond acceptors (Lipinski definition) is 4. The van der Waals surface area contributed by atoms with Gasteiger partial charge in [0.15, 0.2) is 0 Å². The van der Waals surface area contributed by atoms with Gasteiger partial charge in [0, 0.05) is 12.8 Å². The summed E-state index contributed by atoms with van der Waals surface area (Å²) in [5.74, 6) is 0.825. The van der Waals surface area contributed by atoms with Crippen molar-refractivity contribution in [1.82, 2.24) is 10.3 Å². The van der Waals surface area contributed by atoms with Crippen molar-refractivity contribution in [3.63, 3.8) is 0 Å². The van der Waals surface area contributed by atoms with Crippen molar-refractivity contribution in [1.29, 1.82) is 0 Å². The van der Waals surface area contributed by atoms with Crippen LogP contribution in [0.4, 0.5) is 0 Å². The van der Waals surface area contributed by atoms with Crippen molar-refractivity contribution in [2.24, 2.45) is 0 Å². The van der Waals surface area contributed by atoms with E-state index < -0.39 is 0 Å². The van der Waals surface area contributed by atoms with Gasteiger partial charge in [0.05, 0.1) is 24.9 Å². The molecule has 4 nitrogen and oxygen atoms in total. The summed E-state index contributed by atoms with van der Waals surface area (Å²) in [5.41, 5.74) is 1.11. The Hall–Kier alpha value is -1.13. The summed E-state index contributed by atoms with van der Waals surface area (Å²) in [6, 6.07) is 2.19. The van der Waals surface area contributed by atoms with Gasteiger partial charge in [-0.2, -0.15) is 0 Å². The molecule has 1 rings (SSSR count). The van der Waals surface area contributed by atoms with Gasteiger partial charge in [0.25, 0.3) is 0 Å². The number of nitrogens with one attached hydrogen (secondary N) is 1. The predicted molar refractivity (Wildman–Crippen MR) is 77.5 cm³/mol. The first-order valence-electron chi connectivity index (χ1n) is 7.13. The number of pyridine rings is 1. The molecular formula is C15H26N2O2. The minimum atomic E-state index is 0.141. The first kappa shape index (κ1) is 15.9. The minimum Gasteiger partial charge on any atom is -0.492 e. The number of nitrogens with zero attached hydrogens (tertiary/aromatic N) is 1. The van der Waals surface area contributed by atoms with Gasteiger partial charge in [-0.3, -0.25) is 4.98 Å². The molecular weight excluding hydrogens is 240 g/mol. The highest BCUT2D eigenvalue weighted by Crippen LogP contribution is 2.23. The lowest BCUT2D eigenvalue weighted by Crippen LogP contribution is -2.31. The van der Waals surface area contributed by atoms with Crippen LogP contribution in [0.5, 0.6) is 5.75 Å². The van der Waals surface area contributed by atoms with Gasteiger partial charge in [-0.15, -0.1) is 0 Å². The van der Waals surface area contributed by atoms with Gasteiger partial charge in [-0.05, 0) is 38.4 Å². The van der Waals surface area contributed by atoms with E-state index in [1.807, 2.05) is 26.2 Å². The Bertz CT molecular complexity index is 358. The summed E-state index contributed by atoms with van der Waals surface area (Å²) in [6.45, 7) is 7.69. The number of likely N-dealkylation sites (N-methyl/N-ethyl adjacent to an activating group) is 1. The van der Waals surface area contributed by atoms with E-state index in [-0.39, 0.29) is 12.1 Å². The molecule has 2 unspecified atom stereocenters. The maximum Gasteiger partial charge on any atom is 0.137 e. The Morgan fingerprint density at radius 1 is 1.26 bits per heavy atom. The molecule has 4 heteroatoms. The van der Waals surface area contributed by atoms with Gasteiger partial charge < -0.3 is 14.8 Å². The molecule has 0 saturated carbocycles. The zero-order valence-corrected chi connectivity index (χ0v) is 12.5. The smallest absolute Gasteiger partial charge is 0.137 e. The molecule has 0 fully saturated rings. The maximum absolute atomic E-state index is 5.79. The molecule has 1 aromatic rings. The van der Waals surface area contributed by atoms with Crippen molar-refractivity contribution >= 4 is 0 Å². The molecule has 2 atom stereocenters. The van der Waals surface area contributed by atoms with Gasteiger partial charge in [-0.1, -0.05) is 13.8 Å². The predicted octanol–water partition coefficient (Wildman–Crippen LogP) is 2.95. The SMILES string of the molecule is CCCOc1cncc(C(NC)C(CC)OCC)c1. The lowest BCUT2D eigenvalue weighted by atomic mass is 10.0. The molecule has 0 bridgehead atoms. The summed E-state index contributed by atoms with van der Waals surface area (Å²) >= 11 is 0. The van der Waals surface area contributed by atoms with E-state index >= 15 is 0 Å². The van der Waals surface area contributed by atoms with Gasteiger partial charge in [0.2, 0.25) is 0 Å². The highest BCUT2D eigenvalue weighted by atomic mass is 16.5. The van der Waals surface area contributed by atoms with Crippen LogP contribution < -0.4 is 10.1 Å². The van der Waals surface area contributed by atoms with Crippen LogP contribution >= 0.6 is 0 Å². The van der Waals surface area contributed by atoms with Crippen LogP contribution in [0.3, 0.4) is 0 Å². The zero-order chi connectivity index (χ0) is 14.1. The Labute approximate surface area is 116 Å². The van der Waals surface area contributed by atoms with Crippen molar-refractivity contribution in [3.05, 3.63) is 24.0 Å². The van der Waals surface area contributed by atoms with E-state index in [1.54, 1.807) is 6.20 Å². The van der Waals surface area contributed by atoms with Gasteiger partial charge in [0.1, 0.15) is 5.75 Å². The first-order valence-corrected chi connectivity index (χ1v) is 7.13. The number of aromatic nitrogens is 1. The molecule has 0 aliphatic carbocycles. The third-order valence-electron chi connectivity index (χ3n) is 3.03. The molecule has 19 heavy (non-hydrogen) atoms. The molecule has 0 aliphatic heterocycles. The second-order valence-corrected chi connectivity index (χ2v) is 4.47. The molecule has 1 N–H and O–H groups in total. The fourth-order valence-electron chi connectivity index (χ4n) is 2.14. The topological polar surface area (TPSA) is 43.4 Å². The van der Waals surface area contributed by atoms with E-state index in [1.165, 1.54) is 0 Å². The molecule has 1 heterocycles. The summed E-state index contributed by atoms with van der Waals surface area (Å²) in [5, 5.41) is 3.32. The summed E-state index contributed by atoms with van der Waals surface area (Å²) < 4.78 is 11.4. The molecule has 0 aliphatic rings. The second kappa shape index (κ2) is 8.88. The van der Waals surface area contributed by atoms with Crippen LogP contribution in [-0.2, 0) is 4.74 Å². The molecule has 0 radical (unpaired) electrons. The van der Waals surface area contributed by atoms with Crippen molar-refractivity contribution in [2.45, 2.75) is 45.8 Å². The van der Waals surface area contributed by atoms with Crippen LogP contribution in [0.2, 0.25) is 0 Å². The van der Waals surface area contributed by atoms with Crippen LogP contribution in [0.1, 0.15) is 45.2 Å². The first-order chi connectivity index (χ1) is 9.26. The van der Waals surface area contributed by atoms with Crippen LogP contribution in [0.25, 0.3) is 0 Å². The largest absolute Gasteiger partial charge is 0.492 e. The van der Waals surface area contributed by atoms with Crippen LogP contribution in [0, 0.1) is 0 Å². The lowest BCUT2D eigenvalue weighted by molar-refractivity contribution is 0.0332. The standard InChI is InChI=1S/C15H26N2O2/c1-5-8-19-13-9-12(10-17-11-13)15(16-4)14(6-2)18-7-3/h9-11,14-16H,5-8H2,1-4H3. The van der Waals surface area contributed by atoms with E-state index in [0.29, 0.717) is 0 Å². The Morgan fingerprint density at radius 3 is 2.63 bits per heavy atom. The van der Waals surface area contributed by atoms with E-state index in [0.717, 1.165) is 37.4 Å². The fraction of sp³-hybridized carbons (Fsp3) is 0.667. The average Bonchev–Trinajstić information content (AvgIpc) is 2.45. The molecule has 0 saturated heterocycles. The maximum atomic E-state index is 5.79. The van der Waals surface area contributed by atoms with Gasteiger partial charge in [-0.25, -0.2) is 0 Å². The average molecular weight is 266 g/mol. The molecule has 108 valence electrons. The lowest BCUT2D eigenvalue weighted by Gasteiger charge is -2.26. The minimum absolute atomic E-state index is 0.141. The van der Waals surface area contributed by atoms with Crippen LogP contribution in [-0.4, -0.2) is 31.3 Å². The number of rotatable bonds is 9. The van der Waals surface area contributed by atoms with Crippen molar-refractivity contribution < 1.29 is 9.47 Å². The number of ether oxygens (including phenoxy) is 2. The summed E-state index contributed by atoms with van der Waals surface area (Å²) in [6.07, 6.45) is 5.74. The monoisotopic (exact) mass is 266 g/mol. The molecule has 0 amide bonds. The normalized spacial score (nSPS) is 14.1. The van der Waals surface area contributed by atoms with Crippen molar-refractivity contribution in [3.8, 4) is 5.75 Å². The second-order valence-electron chi connectivity index (χ2n) is 4.47. The molecule has 1 aromatic heterocycles. The third-order valence-corrected chi connectivity index (χ3v) is 3.03. The van der Waals surface area contributed by atoms with E-state index in [2.05, 4.69) is 24.1 Å². The van der Waals surface area contributed by atoms with E-state index in [4.69, 9.17) is 9.47 Å². The van der Waals surface area contributed by atoms with Gasteiger partial charge >= 0.3 is 0 Å². The Morgan fingerprint density at radius 2 is 2.05 bits per heavy atom. The Kier molecular flexibility index (Phi) is 7.45. The zero-order valence-electron chi connectivity index (χ0n) is 12.5. The Balaban J connectivity index is 2.84. The third kappa shape index (κ3) is 4.80. The summed E-state index contributed by atoms with van der Waals surface area (Å²) in [4.78, 5) is 4.26. The fourth-order valence-corrected chi connectivity index (χ4v) is 2.14.